The lowest BCUT2D eigenvalue weighted by Gasteiger charge is -2.33. The monoisotopic (exact) mass is 469 g/mol. The predicted molar refractivity (Wildman–Crippen MR) is 132 cm³/mol. The summed E-state index contributed by atoms with van der Waals surface area (Å²) in [5, 5.41) is 3.59. The molecule has 0 radical (unpaired) electrons. The fourth-order valence-electron chi connectivity index (χ4n) is 4.46. The van der Waals surface area contributed by atoms with Crippen LogP contribution in [-0.2, 0) is 24.1 Å². The fourth-order valence-corrected chi connectivity index (χ4v) is 5.77. The molecule has 4 rings (SSSR count). The molecule has 2 heterocycles. The number of amides is 1. The first-order chi connectivity index (χ1) is 15.7. The molecule has 8 heteroatoms. The molecular formula is C25H31N3O4S. The number of nitrogens with zero attached hydrogens (tertiary/aromatic N) is 1. The number of anilines is 1. The van der Waals surface area contributed by atoms with Crippen LogP contribution in [-0.4, -0.2) is 30.1 Å². The number of thiophene rings is 1. The van der Waals surface area contributed by atoms with Gasteiger partial charge in [-0.1, -0.05) is 20.8 Å². The number of benzene rings is 1. The summed E-state index contributed by atoms with van der Waals surface area (Å²) >= 11 is 1.63. The van der Waals surface area contributed by atoms with Crippen LogP contribution in [0.15, 0.2) is 23.0 Å². The van der Waals surface area contributed by atoms with Crippen LogP contribution in [0.1, 0.15) is 49.9 Å². The number of ether oxygens (including phenoxy) is 2. The Morgan fingerprint density at radius 2 is 2.00 bits per heavy atom. The quantitative estimate of drug-likeness (QED) is 0.545. The molecule has 0 saturated heterocycles. The van der Waals surface area contributed by atoms with Crippen LogP contribution in [0.5, 0.6) is 11.5 Å². The molecule has 33 heavy (non-hydrogen) atoms. The van der Waals surface area contributed by atoms with E-state index in [0.29, 0.717) is 35.3 Å². The molecule has 0 bridgehead atoms. The van der Waals surface area contributed by atoms with Crippen LogP contribution in [0.25, 0.3) is 10.2 Å². The van der Waals surface area contributed by atoms with Gasteiger partial charge < -0.3 is 19.8 Å². The van der Waals surface area contributed by atoms with E-state index >= 15 is 0 Å². The van der Waals surface area contributed by atoms with Crippen molar-refractivity contribution in [3.05, 3.63) is 44.8 Å². The van der Waals surface area contributed by atoms with E-state index in [1.807, 2.05) is 0 Å². The predicted octanol–water partition coefficient (Wildman–Crippen LogP) is 4.72. The van der Waals surface area contributed by atoms with Crippen LogP contribution in [0.4, 0.5) is 5.69 Å². The van der Waals surface area contributed by atoms with E-state index in [9.17, 15) is 9.59 Å². The summed E-state index contributed by atoms with van der Waals surface area (Å²) in [4.78, 5) is 35.0. The number of aromatic amines is 1. The minimum Gasteiger partial charge on any atom is -0.493 e. The Morgan fingerprint density at radius 3 is 2.70 bits per heavy atom. The molecule has 0 aliphatic heterocycles. The van der Waals surface area contributed by atoms with Crippen molar-refractivity contribution >= 4 is 33.1 Å². The normalized spacial score (nSPS) is 15.8. The van der Waals surface area contributed by atoms with E-state index in [2.05, 4.69) is 31.1 Å². The number of fused-ring (bicyclic) bond motifs is 3. The van der Waals surface area contributed by atoms with Gasteiger partial charge in [0.05, 0.1) is 19.6 Å². The topological polar surface area (TPSA) is 93.3 Å². The Balaban J connectivity index is 1.46. The zero-order valence-corrected chi connectivity index (χ0v) is 20.6. The highest BCUT2D eigenvalue weighted by molar-refractivity contribution is 7.18. The second-order valence-corrected chi connectivity index (χ2v) is 10.7. The second-order valence-electron chi connectivity index (χ2n) is 9.62. The summed E-state index contributed by atoms with van der Waals surface area (Å²) < 4.78 is 10.5. The standard InChI is InChI=1S/C25H31N3O4S/c1-25(2,3)14-6-8-16-19(12-14)33-24-22(16)23(30)27-20(28-24)10-11-21(29)26-15-7-9-17(31-4)18(13-15)32-5/h7,9,13-14H,6,8,10-12H2,1-5H3,(H,26,29)(H,27,28,30)/t14-/m0/s1. The number of aryl methyl sites for hydroxylation is 2. The largest absolute Gasteiger partial charge is 0.493 e. The van der Waals surface area contributed by atoms with Crippen LogP contribution < -0.4 is 20.3 Å². The van der Waals surface area contributed by atoms with E-state index in [1.54, 1.807) is 43.8 Å². The van der Waals surface area contributed by atoms with E-state index in [4.69, 9.17) is 14.5 Å². The molecule has 0 unspecified atom stereocenters. The third kappa shape index (κ3) is 4.90. The van der Waals surface area contributed by atoms with Gasteiger partial charge in [0, 0.05) is 29.5 Å². The van der Waals surface area contributed by atoms with Crippen LogP contribution >= 0.6 is 11.3 Å². The third-order valence-corrected chi connectivity index (χ3v) is 7.60. The van der Waals surface area contributed by atoms with E-state index in [1.165, 1.54) is 10.4 Å². The van der Waals surface area contributed by atoms with Crippen molar-refractivity contribution in [2.24, 2.45) is 11.3 Å². The molecule has 2 N–H and O–H groups in total. The van der Waals surface area contributed by atoms with Gasteiger partial charge in [0.15, 0.2) is 11.5 Å². The number of carbonyl (C=O) groups excluding carboxylic acids is 1. The zero-order chi connectivity index (χ0) is 23.8. The van der Waals surface area contributed by atoms with Gasteiger partial charge in [0.2, 0.25) is 5.91 Å². The minimum absolute atomic E-state index is 0.0954. The number of rotatable bonds is 6. The molecule has 1 amide bonds. The smallest absolute Gasteiger partial charge is 0.259 e. The lowest BCUT2D eigenvalue weighted by molar-refractivity contribution is -0.116. The van der Waals surface area contributed by atoms with E-state index in [0.717, 1.165) is 29.5 Å². The molecule has 0 spiro atoms. The molecule has 0 saturated carbocycles. The Labute approximate surface area is 197 Å². The number of nitrogens with one attached hydrogen (secondary N) is 2. The number of hydrogen-bond donors (Lipinski definition) is 2. The number of H-pyrrole nitrogens is 1. The van der Waals surface area contributed by atoms with Crippen LogP contribution in [0, 0.1) is 11.3 Å². The Hall–Kier alpha value is -2.87. The van der Waals surface area contributed by atoms with Crippen molar-refractivity contribution in [3.8, 4) is 11.5 Å². The lowest BCUT2D eigenvalue weighted by Crippen LogP contribution is -2.26. The van der Waals surface area contributed by atoms with Gasteiger partial charge in [-0.25, -0.2) is 4.98 Å². The SMILES string of the molecule is COc1ccc(NC(=O)CCc2nc3sc4c(c3c(=O)[nH]2)CC[C@H](C(C)(C)C)C4)cc1OC. The average molecular weight is 470 g/mol. The highest BCUT2D eigenvalue weighted by Crippen LogP contribution is 2.42. The van der Waals surface area contributed by atoms with Crippen molar-refractivity contribution in [1.82, 2.24) is 9.97 Å². The summed E-state index contributed by atoms with van der Waals surface area (Å²) in [5.41, 5.74) is 1.94. The second kappa shape index (κ2) is 9.17. The van der Waals surface area contributed by atoms with Gasteiger partial charge in [-0.15, -0.1) is 11.3 Å². The van der Waals surface area contributed by atoms with Gasteiger partial charge in [0.25, 0.3) is 5.56 Å². The molecule has 1 aliphatic rings. The van der Waals surface area contributed by atoms with Crippen LogP contribution in [0.3, 0.4) is 0 Å². The third-order valence-electron chi connectivity index (χ3n) is 6.45. The van der Waals surface area contributed by atoms with Crippen molar-refractivity contribution < 1.29 is 14.3 Å². The lowest BCUT2D eigenvalue weighted by atomic mass is 9.72. The van der Waals surface area contributed by atoms with E-state index < -0.39 is 0 Å². The van der Waals surface area contributed by atoms with Gasteiger partial charge in [-0.05, 0) is 48.3 Å². The van der Waals surface area contributed by atoms with E-state index in [-0.39, 0.29) is 23.3 Å². The van der Waals surface area contributed by atoms with Crippen molar-refractivity contribution in [3.63, 3.8) is 0 Å². The molecule has 3 aromatic rings. The van der Waals surface area contributed by atoms with Crippen molar-refractivity contribution in [2.45, 2.75) is 52.9 Å². The molecule has 176 valence electrons. The first-order valence-corrected chi connectivity index (χ1v) is 12.1. The number of carbonyl (C=O) groups is 1. The van der Waals surface area contributed by atoms with Gasteiger partial charge in [0.1, 0.15) is 10.7 Å². The molecule has 2 aromatic heterocycles. The van der Waals surface area contributed by atoms with Gasteiger partial charge >= 0.3 is 0 Å². The van der Waals surface area contributed by atoms with Crippen LogP contribution in [0.2, 0.25) is 0 Å². The number of aromatic nitrogens is 2. The summed E-state index contributed by atoms with van der Waals surface area (Å²) in [6.45, 7) is 6.85. The molecule has 1 aromatic carbocycles. The molecule has 7 nitrogen and oxygen atoms in total. The highest BCUT2D eigenvalue weighted by atomic mass is 32.1. The minimum atomic E-state index is -0.163. The van der Waals surface area contributed by atoms with Gasteiger partial charge in [-0.3, -0.25) is 9.59 Å². The Bertz CT molecular complexity index is 1240. The maximum absolute atomic E-state index is 12.9. The van der Waals surface area contributed by atoms with Gasteiger partial charge in [-0.2, -0.15) is 0 Å². The first-order valence-electron chi connectivity index (χ1n) is 11.2. The summed E-state index contributed by atoms with van der Waals surface area (Å²) in [6, 6.07) is 5.21. The maximum Gasteiger partial charge on any atom is 0.259 e. The fraction of sp³-hybridized carbons (Fsp3) is 0.480. The first kappa shape index (κ1) is 23.3. The molecule has 1 atom stereocenters. The maximum atomic E-state index is 12.9. The number of hydrogen-bond acceptors (Lipinski definition) is 6. The molecular weight excluding hydrogens is 438 g/mol. The summed E-state index contributed by atoms with van der Waals surface area (Å²) in [5.74, 6) is 2.13. The summed E-state index contributed by atoms with van der Waals surface area (Å²) in [7, 11) is 3.11. The summed E-state index contributed by atoms with van der Waals surface area (Å²) in [6.07, 6.45) is 3.59. The number of methoxy groups -OCH3 is 2. The zero-order valence-electron chi connectivity index (χ0n) is 19.8. The van der Waals surface area contributed by atoms with Crippen molar-refractivity contribution in [2.75, 3.05) is 19.5 Å². The Kier molecular flexibility index (Phi) is 6.47. The molecule has 1 aliphatic carbocycles. The average Bonchev–Trinajstić information content (AvgIpc) is 3.15. The molecule has 0 fully saturated rings. The highest BCUT2D eigenvalue weighted by Gasteiger charge is 2.31. The Morgan fingerprint density at radius 1 is 1.24 bits per heavy atom. The van der Waals surface area contributed by atoms with Crippen molar-refractivity contribution in [1.29, 1.82) is 0 Å².